The Bertz CT molecular complexity index is 486. The first-order valence-electron chi connectivity index (χ1n) is 6.53. The number of ether oxygens (including phenoxy) is 1. The molecule has 1 rings (SSSR count). The maximum absolute atomic E-state index is 11.4. The quantitative estimate of drug-likeness (QED) is 0.585. The molecule has 0 aliphatic heterocycles. The van der Waals surface area contributed by atoms with Gasteiger partial charge in [-0.2, -0.15) is 0 Å². The molecule has 0 fully saturated rings. The van der Waals surface area contributed by atoms with Crippen LogP contribution in [0.2, 0.25) is 5.02 Å². The lowest BCUT2D eigenvalue weighted by atomic mass is 10.2. The summed E-state index contributed by atoms with van der Waals surface area (Å²) in [6.45, 7) is 6.36. The van der Waals surface area contributed by atoms with Crippen molar-refractivity contribution in [3.05, 3.63) is 29.3 Å². The van der Waals surface area contributed by atoms with E-state index in [0.717, 1.165) is 5.69 Å². The fourth-order valence-electron chi connectivity index (χ4n) is 1.36. The van der Waals surface area contributed by atoms with Gasteiger partial charge in [0.1, 0.15) is 5.60 Å². The lowest BCUT2D eigenvalue weighted by Crippen LogP contribution is -2.39. The molecule has 0 spiro atoms. The van der Waals surface area contributed by atoms with Crippen molar-refractivity contribution in [2.45, 2.75) is 26.4 Å². The molecule has 0 saturated carbocycles. The summed E-state index contributed by atoms with van der Waals surface area (Å²) in [6.07, 6.45) is -0.444. The fourth-order valence-corrected chi connectivity index (χ4v) is 1.71. The van der Waals surface area contributed by atoms with E-state index in [9.17, 15) is 4.79 Å². The fraction of sp³-hybridized carbons (Fsp3) is 0.429. The van der Waals surface area contributed by atoms with E-state index < -0.39 is 11.7 Å². The first-order chi connectivity index (χ1) is 9.76. The number of benzene rings is 1. The van der Waals surface area contributed by atoms with Crippen LogP contribution in [0.4, 0.5) is 10.5 Å². The zero-order chi connectivity index (χ0) is 15.9. The van der Waals surface area contributed by atoms with Gasteiger partial charge in [-0.05, 0) is 57.3 Å². The van der Waals surface area contributed by atoms with Gasteiger partial charge in [-0.1, -0.05) is 11.6 Å². The van der Waals surface area contributed by atoms with Gasteiger partial charge in [0.2, 0.25) is 0 Å². The van der Waals surface area contributed by atoms with Crippen LogP contribution in [0.25, 0.3) is 0 Å². The van der Waals surface area contributed by atoms with Crippen molar-refractivity contribution in [1.82, 2.24) is 10.6 Å². The molecule has 0 atom stereocenters. The molecule has 5 nitrogen and oxygen atoms in total. The molecule has 3 N–H and O–H groups in total. The lowest BCUT2D eigenvalue weighted by molar-refractivity contribution is 0.0529. The topological polar surface area (TPSA) is 62.4 Å². The van der Waals surface area contributed by atoms with Gasteiger partial charge in [0.25, 0.3) is 0 Å². The Morgan fingerprint density at radius 3 is 2.33 bits per heavy atom. The van der Waals surface area contributed by atoms with Crippen molar-refractivity contribution >= 4 is 40.7 Å². The molecule has 0 unspecified atom stereocenters. The summed E-state index contributed by atoms with van der Waals surface area (Å²) in [4.78, 5) is 11.4. The van der Waals surface area contributed by atoms with Gasteiger partial charge < -0.3 is 20.7 Å². The summed E-state index contributed by atoms with van der Waals surface area (Å²) in [6, 6.07) is 7.21. The predicted molar refractivity (Wildman–Crippen MR) is 89.9 cm³/mol. The Labute approximate surface area is 135 Å². The molecule has 0 heterocycles. The first-order valence-corrected chi connectivity index (χ1v) is 7.32. The highest BCUT2D eigenvalue weighted by Gasteiger charge is 2.15. The van der Waals surface area contributed by atoms with E-state index in [-0.39, 0.29) is 0 Å². The predicted octanol–water partition coefficient (Wildman–Crippen LogP) is 3.15. The largest absolute Gasteiger partial charge is 0.444 e. The second-order valence-electron chi connectivity index (χ2n) is 5.32. The van der Waals surface area contributed by atoms with E-state index in [1.807, 2.05) is 32.9 Å². The number of nitrogens with one attached hydrogen (secondary N) is 3. The molecule has 1 aromatic rings. The number of hydrogen-bond donors (Lipinski definition) is 3. The monoisotopic (exact) mass is 329 g/mol. The van der Waals surface area contributed by atoms with Crippen LogP contribution in [-0.2, 0) is 4.74 Å². The summed E-state index contributed by atoms with van der Waals surface area (Å²) in [5.74, 6) is 0. The maximum atomic E-state index is 11.4. The SMILES string of the molecule is CC(C)(C)OC(=O)NCCNC(=S)Nc1ccc(Cl)cc1. The van der Waals surface area contributed by atoms with Crippen LogP contribution in [0.1, 0.15) is 20.8 Å². The normalized spacial score (nSPS) is 10.7. The summed E-state index contributed by atoms with van der Waals surface area (Å²) in [5, 5.41) is 9.77. The average Bonchev–Trinajstić information content (AvgIpc) is 2.35. The second-order valence-corrected chi connectivity index (χ2v) is 6.16. The second kappa shape index (κ2) is 8.05. The smallest absolute Gasteiger partial charge is 0.407 e. The third kappa shape index (κ3) is 8.37. The molecule has 7 heteroatoms. The minimum Gasteiger partial charge on any atom is -0.444 e. The summed E-state index contributed by atoms with van der Waals surface area (Å²) in [7, 11) is 0. The van der Waals surface area contributed by atoms with Crippen LogP contribution < -0.4 is 16.0 Å². The highest BCUT2D eigenvalue weighted by molar-refractivity contribution is 7.80. The van der Waals surface area contributed by atoms with E-state index in [1.54, 1.807) is 12.1 Å². The van der Waals surface area contributed by atoms with Crippen LogP contribution in [0.5, 0.6) is 0 Å². The number of anilines is 1. The van der Waals surface area contributed by atoms with Crippen LogP contribution in [0.3, 0.4) is 0 Å². The Kier molecular flexibility index (Phi) is 6.71. The Balaban J connectivity index is 2.19. The number of amides is 1. The van der Waals surface area contributed by atoms with Crippen molar-refractivity contribution < 1.29 is 9.53 Å². The third-order valence-electron chi connectivity index (χ3n) is 2.18. The number of rotatable bonds is 4. The van der Waals surface area contributed by atoms with Crippen molar-refractivity contribution in [2.75, 3.05) is 18.4 Å². The number of thiocarbonyl (C=S) groups is 1. The molecule has 1 aromatic carbocycles. The summed E-state index contributed by atoms with van der Waals surface area (Å²) < 4.78 is 5.11. The molecule has 0 aliphatic carbocycles. The molecule has 0 saturated heterocycles. The van der Waals surface area contributed by atoms with Crippen LogP contribution >= 0.6 is 23.8 Å². The summed E-state index contributed by atoms with van der Waals surface area (Å²) >= 11 is 10.9. The van der Waals surface area contributed by atoms with Crippen molar-refractivity contribution in [3.8, 4) is 0 Å². The Hall–Kier alpha value is -1.53. The average molecular weight is 330 g/mol. The van der Waals surface area contributed by atoms with Gasteiger partial charge in [-0.3, -0.25) is 0 Å². The minimum absolute atomic E-state index is 0.414. The van der Waals surface area contributed by atoms with Crippen molar-refractivity contribution in [3.63, 3.8) is 0 Å². The number of halogens is 1. The van der Waals surface area contributed by atoms with E-state index in [0.29, 0.717) is 23.2 Å². The Morgan fingerprint density at radius 1 is 1.19 bits per heavy atom. The molecule has 21 heavy (non-hydrogen) atoms. The van der Waals surface area contributed by atoms with Crippen LogP contribution in [0, 0.1) is 0 Å². The van der Waals surface area contributed by atoms with Gasteiger partial charge in [-0.15, -0.1) is 0 Å². The molecule has 0 radical (unpaired) electrons. The molecule has 116 valence electrons. The summed E-state index contributed by atoms with van der Waals surface area (Å²) in [5.41, 5.74) is 0.347. The highest BCUT2D eigenvalue weighted by atomic mass is 35.5. The molecule has 1 amide bonds. The van der Waals surface area contributed by atoms with Crippen molar-refractivity contribution in [2.24, 2.45) is 0 Å². The first kappa shape index (κ1) is 17.5. The van der Waals surface area contributed by atoms with Crippen LogP contribution in [0.15, 0.2) is 24.3 Å². The zero-order valence-corrected chi connectivity index (χ0v) is 13.9. The molecule has 0 aliphatic rings. The van der Waals surface area contributed by atoms with Gasteiger partial charge in [0.15, 0.2) is 5.11 Å². The standard InChI is InChI=1S/C14H20ClN3O2S/c1-14(2,3)20-13(19)17-9-8-16-12(21)18-11-6-4-10(15)5-7-11/h4-7H,8-9H2,1-3H3,(H,17,19)(H2,16,18,21). The zero-order valence-electron chi connectivity index (χ0n) is 12.3. The Morgan fingerprint density at radius 2 is 1.76 bits per heavy atom. The number of carbonyl (C=O) groups excluding carboxylic acids is 1. The number of hydrogen-bond acceptors (Lipinski definition) is 3. The number of alkyl carbamates (subject to hydrolysis) is 1. The molecular formula is C14H20ClN3O2S. The van der Waals surface area contributed by atoms with E-state index >= 15 is 0 Å². The number of carbonyl (C=O) groups is 1. The van der Waals surface area contributed by atoms with E-state index in [4.69, 9.17) is 28.6 Å². The van der Waals surface area contributed by atoms with E-state index in [2.05, 4.69) is 16.0 Å². The van der Waals surface area contributed by atoms with Gasteiger partial charge in [0, 0.05) is 23.8 Å². The van der Waals surface area contributed by atoms with Crippen molar-refractivity contribution in [1.29, 1.82) is 0 Å². The molecule has 0 bridgehead atoms. The van der Waals surface area contributed by atoms with E-state index in [1.165, 1.54) is 0 Å². The maximum Gasteiger partial charge on any atom is 0.407 e. The lowest BCUT2D eigenvalue weighted by Gasteiger charge is -2.19. The molecular weight excluding hydrogens is 310 g/mol. The third-order valence-corrected chi connectivity index (χ3v) is 2.68. The molecule has 0 aromatic heterocycles. The minimum atomic E-state index is -0.497. The highest BCUT2D eigenvalue weighted by Crippen LogP contribution is 2.13. The van der Waals surface area contributed by atoms with Gasteiger partial charge in [0.05, 0.1) is 0 Å². The van der Waals surface area contributed by atoms with Crippen LogP contribution in [-0.4, -0.2) is 29.9 Å². The van der Waals surface area contributed by atoms with Gasteiger partial charge in [-0.25, -0.2) is 4.79 Å². The van der Waals surface area contributed by atoms with Gasteiger partial charge >= 0.3 is 6.09 Å².